The van der Waals surface area contributed by atoms with E-state index in [1.807, 2.05) is 19.9 Å². The molecule has 1 aliphatic carbocycles. The van der Waals surface area contributed by atoms with E-state index in [4.69, 9.17) is 14.5 Å². The van der Waals surface area contributed by atoms with Crippen LogP contribution in [-0.2, 0) is 26.2 Å². The van der Waals surface area contributed by atoms with Crippen LogP contribution in [0.15, 0.2) is 35.6 Å². The summed E-state index contributed by atoms with van der Waals surface area (Å²) in [7, 11) is -5.24. The van der Waals surface area contributed by atoms with Crippen molar-refractivity contribution in [3.63, 3.8) is 0 Å². The van der Waals surface area contributed by atoms with Gasteiger partial charge in [0.15, 0.2) is 0 Å². The number of benzene rings is 1. The average molecular weight is 664 g/mol. The van der Waals surface area contributed by atoms with Gasteiger partial charge < -0.3 is 20.1 Å². The lowest BCUT2D eigenvalue weighted by Crippen LogP contribution is -2.38. The molecule has 242 valence electrons. The lowest BCUT2D eigenvalue weighted by molar-refractivity contribution is 0.0490. The van der Waals surface area contributed by atoms with E-state index < -0.39 is 18.1 Å². The van der Waals surface area contributed by atoms with Gasteiger partial charge in [-0.05, 0) is 58.6 Å². The fourth-order valence-electron chi connectivity index (χ4n) is 4.78. The van der Waals surface area contributed by atoms with Crippen molar-refractivity contribution in [3.05, 3.63) is 35.7 Å². The van der Waals surface area contributed by atoms with E-state index in [-0.39, 0.29) is 48.1 Å². The molecule has 4 rings (SSSR count). The number of carbonyl (C=O) groups is 1. The van der Waals surface area contributed by atoms with E-state index >= 15 is 0 Å². The van der Waals surface area contributed by atoms with E-state index in [2.05, 4.69) is 52.0 Å². The van der Waals surface area contributed by atoms with Crippen molar-refractivity contribution >= 4 is 47.2 Å². The Morgan fingerprint density at radius 2 is 1.86 bits per heavy atom. The lowest BCUT2D eigenvalue weighted by atomic mass is 9.86. The second kappa shape index (κ2) is 14.5. The largest absolute Gasteiger partial charge is 0.447 e. The summed E-state index contributed by atoms with van der Waals surface area (Å²) < 4.78 is 42.1. The fraction of sp³-hybridized carbons (Fsp3) is 0.586. The molecule has 1 atom stereocenters. The summed E-state index contributed by atoms with van der Waals surface area (Å²) in [4.78, 5) is 21.9. The van der Waals surface area contributed by atoms with Gasteiger partial charge in [0.1, 0.15) is 13.1 Å². The fourth-order valence-corrected chi connectivity index (χ4v) is 7.83. The summed E-state index contributed by atoms with van der Waals surface area (Å²) in [6.07, 6.45) is 6.24. The summed E-state index contributed by atoms with van der Waals surface area (Å²) in [5.74, 6) is 0.595. The van der Waals surface area contributed by atoms with Gasteiger partial charge in [-0.3, -0.25) is 0 Å². The van der Waals surface area contributed by atoms with E-state index in [0.29, 0.717) is 17.2 Å². The van der Waals surface area contributed by atoms with Gasteiger partial charge in [-0.1, -0.05) is 32.6 Å². The average Bonchev–Trinajstić information content (AvgIpc) is 3.61. The van der Waals surface area contributed by atoms with Crippen LogP contribution in [0, 0.1) is 0 Å². The van der Waals surface area contributed by atoms with Crippen LogP contribution in [0.3, 0.4) is 0 Å². The number of hydrogen-bond acceptors (Lipinski definition) is 10. The van der Waals surface area contributed by atoms with E-state index in [1.165, 1.54) is 11.3 Å². The third-order valence-electron chi connectivity index (χ3n) is 7.60. The molecule has 1 aliphatic rings. The van der Waals surface area contributed by atoms with Crippen LogP contribution in [0.5, 0.6) is 0 Å². The molecule has 1 aromatic carbocycles. The Kier molecular flexibility index (Phi) is 11.2. The second-order valence-electron chi connectivity index (χ2n) is 12.5. The van der Waals surface area contributed by atoms with Gasteiger partial charge in [-0.2, -0.15) is 0 Å². The molecular weight excluding hydrogens is 619 g/mol. The molecule has 3 aromatic rings. The van der Waals surface area contributed by atoms with Crippen molar-refractivity contribution in [1.29, 1.82) is 0 Å². The smallest absolute Gasteiger partial charge is 0.407 e. The van der Waals surface area contributed by atoms with Crippen LogP contribution in [0.1, 0.15) is 64.3 Å². The summed E-state index contributed by atoms with van der Waals surface area (Å²) >= 11 is 1.51. The molecule has 1 amide bonds. The molecule has 44 heavy (non-hydrogen) atoms. The first-order chi connectivity index (χ1) is 20.7. The molecule has 1 saturated carbocycles. The Hall–Kier alpha value is -2.85. The minimum absolute atomic E-state index is 0.0796. The first-order valence-electron chi connectivity index (χ1n) is 15.1. The molecule has 12 nitrogen and oxygen atoms in total. The molecule has 0 bridgehead atoms. The number of rotatable bonds is 13. The Morgan fingerprint density at radius 3 is 2.52 bits per heavy atom. The number of nitrogens with one attached hydrogen (secondary N) is 3. The first kappa shape index (κ1) is 34.0. The zero-order chi connectivity index (χ0) is 32.1. The highest BCUT2D eigenvalue weighted by Gasteiger charge is 2.28. The molecule has 2 aromatic heterocycles. The SMILES string of the molecule is CCNS(=O)(=O)c1cc(Nc2ncn(COC(C)[Si](C)(C)C)n2)ccc1-c1cnc(C2CCC(NC(=O)OC(C)C)CC2)s1. The van der Waals surface area contributed by atoms with Crippen LogP contribution in [0.25, 0.3) is 10.4 Å². The monoisotopic (exact) mass is 663 g/mol. The Morgan fingerprint density at radius 1 is 1.14 bits per heavy atom. The van der Waals surface area contributed by atoms with Gasteiger partial charge in [-0.15, -0.1) is 16.4 Å². The zero-order valence-corrected chi connectivity index (χ0v) is 29.2. The number of thiazole rings is 1. The molecule has 15 heteroatoms. The molecular formula is C29H45N7O5S2Si. The minimum Gasteiger partial charge on any atom is -0.447 e. The van der Waals surface area contributed by atoms with E-state index in [1.54, 1.807) is 36.3 Å². The quantitative estimate of drug-likeness (QED) is 0.192. The van der Waals surface area contributed by atoms with Crippen molar-refractivity contribution < 1.29 is 22.7 Å². The van der Waals surface area contributed by atoms with Crippen molar-refractivity contribution in [2.45, 2.75) is 108 Å². The van der Waals surface area contributed by atoms with Gasteiger partial charge in [0.2, 0.25) is 16.0 Å². The number of sulfonamides is 1. The number of aromatic nitrogens is 4. The van der Waals surface area contributed by atoms with Gasteiger partial charge in [0.25, 0.3) is 0 Å². The predicted octanol–water partition coefficient (Wildman–Crippen LogP) is 5.84. The zero-order valence-electron chi connectivity index (χ0n) is 26.6. The molecule has 0 aliphatic heterocycles. The van der Waals surface area contributed by atoms with Crippen molar-refractivity contribution in [1.82, 2.24) is 29.8 Å². The number of alkyl carbamates (subject to hydrolysis) is 1. The van der Waals surface area contributed by atoms with Gasteiger partial charge in [0, 0.05) is 41.7 Å². The lowest BCUT2D eigenvalue weighted by Gasteiger charge is -2.28. The van der Waals surface area contributed by atoms with Crippen LogP contribution in [0.4, 0.5) is 16.4 Å². The van der Waals surface area contributed by atoms with Crippen LogP contribution < -0.4 is 15.4 Å². The molecule has 0 spiro atoms. The number of ether oxygens (including phenoxy) is 2. The van der Waals surface area contributed by atoms with Gasteiger partial charge in [0.05, 0.1) is 29.0 Å². The standard InChI is InChI=1S/C29H45N7O5S2Si/c1-8-32-43(38,39)26-15-23(33-28-31-17-36(35-28)18-40-20(4)44(5,6)7)13-14-24(26)25-16-30-27(42-25)21-9-11-22(12-10-21)34-29(37)41-19(2)3/h13-17,19-22,32H,8-12,18H2,1-7H3,(H,33,35)(H,34,37). The van der Waals surface area contributed by atoms with Crippen molar-refractivity contribution in [2.75, 3.05) is 11.9 Å². The van der Waals surface area contributed by atoms with Crippen LogP contribution in [-0.4, -0.2) is 66.8 Å². The maximum Gasteiger partial charge on any atom is 0.407 e. The Bertz CT molecular complexity index is 1510. The van der Waals surface area contributed by atoms with Gasteiger partial charge >= 0.3 is 6.09 Å². The number of hydrogen-bond donors (Lipinski definition) is 3. The number of nitrogens with zero attached hydrogens (tertiary/aromatic N) is 4. The summed E-state index contributed by atoms with van der Waals surface area (Å²) in [6.45, 7) is 14.8. The molecule has 2 heterocycles. The third-order valence-corrected chi connectivity index (χ3v) is 13.0. The number of carbonyl (C=O) groups excluding carboxylic acids is 1. The number of amides is 1. The normalized spacial score (nSPS) is 18.3. The molecule has 0 radical (unpaired) electrons. The van der Waals surface area contributed by atoms with E-state index in [9.17, 15) is 13.2 Å². The van der Waals surface area contributed by atoms with Crippen molar-refractivity contribution in [3.8, 4) is 10.4 Å². The second-order valence-corrected chi connectivity index (χ2v) is 20.8. The third kappa shape index (κ3) is 9.09. The molecule has 0 saturated heterocycles. The summed E-state index contributed by atoms with van der Waals surface area (Å²) in [6, 6.07) is 5.29. The maximum absolute atomic E-state index is 13.3. The van der Waals surface area contributed by atoms with Gasteiger partial charge in [-0.25, -0.2) is 32.6 Å². The Balaban J connectivity index is 1.47. The highest BCUT2D eigenvalue weighted by Crippen LogP contribution is 2.40. The Labute approximate surface area is 265 Å². The van der Waals surface area contributed by atoms with E-state index in [0.717, 1.165) is 35.6 Å². The number of anilines is 2. The summed E-state index contributed by atoms with van der Waals surface area (Å²) in [5, 5.41) is 11.5. The van der Waals surface area contributed by atoms with Crippen LogP contribution >= 0.6 is 11.3 Å². The summed E-state index contributed by atoms with van der Waals surface area (Å²) in [5.41, 5.74) is 1.29. The topological polar surface area (TPSA) is 149 Å². The highest BCUT2D eigenvalue weighted by atomic mass is 32.2. The first-order valence-corrected chi connectivity index (χ1v) is 21.0. The molecule has 1 fully saturated rings. The van der Waals surface area contributed by atoms with Crippen molar-refractivity contribution in [2.24, 2.45) is 0 Å². The maximum atomic E-state index is 13.3. The van der Waals surface area contributed by atoms with Crippen LogP contribution in [0.2, 0.25) is 19.6 Å². The highest BCUT2D eigenvalue weighted by molar-refractivity contribution is 7.89. The molecule has 3 N–H and O–H groups in total. The predicted molar refractivity (Wildman–Crippen MR) is 175 cm³/mol. The molecule has 1 unspecified atom stereocenters. The minimum atomic E-state index is -3.80.